The lowest BCUT2D eigenvalue weighted by Crippen LogP contribution is -2.09. The maximum atomic E-state index is 13.1. The lowest BCUT2D eigenvalue weighted by molar-refractivity contribution is -0.385. The Morgan fingerprint density at radius 1 is 1.23 bits per heavy atom. The lowest BCUT2D eigenvalue weighted by Gasteiger charge is -2.13. The van der Waals surface area contributed by atoms with Crippen LogP contribution in [-0.4, -0.2) is 24.1 Å². The summed E-state index contributed by atoms with van der Waals surface area (Å²) in [6.07, 6.45) is -0.438. The molecular formula is C16H12F3IN2O4. The zero-order valence-electron chi connectivity index (χ0n) is 13.5. The van der Waals surface area contributed by atoms with Gasteiger partial charge in [0.15, 0.2) is 0 Å². The highest BCUT2D eigenvalue weighted by atomic mass is 127. The molecule has 2 rings (SSSR count). The van der Waals surface area contributed by atoms with E-state index < -0.39 is 28.1 Å². The first-order chi connectivity index (χ1) is 12.2. The molecule has 1 aromatic carbocycles. The molecule has 138 valence electrons. The highest BCUT2D eigenvalue weighted by molar-refractivity contribution is 14.1. The van der Waals surface area contributed by atoms with E-state index in [0.717, 1.165) is 16.7 Å². The van der Waals surface area contributed by atoms with Gasteiger partial charge in [-0.1, -0.05) is 0 Å². The topological polar surface area (TPSA) is 74.5 Å². The number of methoxy groups -OCH3 is 2. The fourth-order valence-corrected chi connectivity index (χ4v) is 2.76. The molecule has 1 heterocycles. The Morgan fingerprint density at radius 3 is 2.46 bits per heavy atom. The molecule has 0 saturated heterocycles. The number of benzene rings is 1. The van der Waals surface area contributed by atoms with Gasteiger partial charge in [0, 0.05) is 15.8 Å². The van der Waals surface area contributed by atoms with Gasteiger partial charge in [-0.15, -0.1) is 0 Å². The zero-order valence-corrected chi connectivity index (χ0v) is 15.7. The van der Waals surface area contributed by atoms with Crippen LogP contribution in [0.4, 0.5) is 18.9 Å². The van der Waals surface area contributed by atoms with Crippen molar-refractivity contribution in [3.63, 3.8) is 0 Å². The number of alkyl halides is 3. The minimum Gasteiger partial charge on any atom is -0.496 e. The van der Waals surface area contributed by atoms with Crippen molar-refractivity contribution in [2.45, 2.75) is 6.18 Å². The molecule has 1 aromatic heterocycles. The van der Waals surface area contributed by atoms with Gasteiger partial charge < -0.3 is 9.47 Å². The second-order valence-corrected chi connectivity index (χ2v) is 6.08. The number of aromatic nitrogens is 1. The molecule has 10 heteroatoms. The quantitative estimate of drug-likeness (QED) is 0.349. The van der Waals surface area contributed by atoms with Crippen molar-refractivity contribution >= 4 is 40.4 Å². The van der Waals surface area contributed by atoms with Crippen molar-refractivity contribution in [1.29, 1.82) is 0 Å². The number of hydrogen-bond acceptors (Lipinski definition) is 5. The summed E-state index contributed by atoms with van der Waals surface area (Å²) in [6.45, 7) is 0. The number of ether oxygens (including phenoxy) is 2. The van der Waals surface area contributed by atoms with E-state index >= 15 is 0 Å². The van der Waals surface area contributed by atoms with Gasteiger partial charge in [0.25, 0.3) is 5.69 Å². The molecule has 0 amide bonds. The summed E-state index contributed by atoms with van der Waals surface area (Å²) in [6, 6.07) is 3.14. The second-order valence-electron chi connectivity index (χ2n) is 4.92. The van der Waals surface area contributed by atoms with E-state index in [4.69, 9.17) is 9.47 Å². The van der Waals surface area contributed by atoms with Crippen molar-refractivity contribution < 1.29 is 27.6 Å². The number of hydrogen-bond donors (Lipinski definition) is 0. The number of nitrogens with zero attached hydrogens (tertiary/aromatic N) is 2. The maximum Gasteiger partial charge on any atom is 0.420 e. The van der Waals surface area contributed by atoms with Crippen molar-refractivity contribution in [2.75, 3.05) is 14.2 Å². The number of nitro benzene ring substituents is 1. The molecule has 0 unspecified atom stereocenters. The molecule has 0 radical (unpaired) electrons. The van der Waals surface area contributed by atoms with Crippen LogP contribution < -0.4 is 9.47 Å². The monoisotopic (exact) mass is 480 g/mol. The predicted octanol–water partition coefficient (Wildman–Crippen LogP) is 4.80. The molecule has 0 atom stereocenters. The molecule has 0 N–H and O–H groups in total. The van der Waals surface area contributed by atoms with Crippen LogP contribution in [0.1, 0.15) is 16.7 Å². The second kappa shape index (κ2) is 7.89. The van der Waals surface area contributed by atoms with Gasteiger partial charge in [-0.25, -0.2) is 4.98 Å². The molecule has 0 spiro atoms. The normalized spacial score (nSPS) is 11.6. The summed E-state index contributed by atoms with van der Waals surface area (Å²) >= 11 is 2.03. The summed E-state index contributed by atoms with van der Waals surface area (Å²) in [5.41, 5.74) is -1.39. The first-order valence-electron chi connectivity index (χ1n) is 6.99. The fraction of sp³-hybridized carbons (Fsp3) is 0.188. The minimum atomic E-state index is -4.78. The van der Waals surface area contributed by atoms with Gasteiger partial charge in [0.2, 0.25) is 5.88 Å². The third-order valence-electron chi connectivity index (χ3n) is 3.37. The van der Waals surface area contributed by atoms with Crippen molar-refractivity contribution in [1.82, 2.24) is 4.98 Å². The van der Waals surface area contributed by atoms with Crippen LogP contribution in [0.2, 0.25) is 0 Å². The summed E-state index contributed by atoms with van der Waals surface area (Å²) < 4.78 is 49.8. The SMILES string of the molecule is COc1cc(/C=C/c2c(I)ccnc2OC)c([N+](=O)[O-])cc1C(F)(F)F. The van der Waals surface area contributed by atoms with E-state index in [2.05, 4.69) is 4.98 Å². The molecular weight excluding hydrogens is 468 g/mol. The Kier molecular flexibility index (Phi) is 6.05. The van der Waals surface area contributed by atoms with Crippen molar-refractivity contribution in [2.24, 2.45) is 0 Å². The van der Waals surface area contributed by atoms with Crippen LogP contribution in [0.25, 0.3) is 12.2 Å². The summed E-state index contributed by atoms with van der Waals surface area (Å²) in [5.74, 6) is -0.217. The van der Waals surface area contributed by atoms with Crippen LogP contribution in [0, 0.1) is 13.7 Å². The Balaban J connectivity index is 2.61. The number of nitro groups is 1. The van der Waals surface area contributed by atoms with Crippen LogP contribution >= 0.6 is 22.6 Å². The molecule has 6 nitrogen and oxygen atoms in total. The first kappa shape index (κ1) is 19.9. The van der Waals surface area contributed by atoms with Gasteiger partial charge in [0.05, 0.1) is 30.3 Å². The summed E-state index contributed by atoms with van der Waals surface area (Å²) in [5, 5.41) is 11.2. The molecule has 0 aliphatic carbocycles. The Labute approximate surface area is 159 Å². The largest absolute Gasteiger partial charge is 0.496 e. The van der Waals surface area contributed by atoms with Crippen LogP contribution in [0.5, 0.6) is 11.6 Å². The van der Waals surface area contributed by atoms with Crippen LogP contribution in [0.3, 0.4) is 0 Å². The van der Waals surface area contributed by atoms with Crippen molar-refractivity contribution in [3.8, 4) is 11.6 Å². The van der Waals surface area contributed by atoms with Crippen LogP contribution in [0.15, 0.2) is 24.4 Å². The molecule has 0 fully saturated rings. The maximum absolute atomic E-state index is 13.1. The lowest BCUT2D eigenvalue weighted by atomic mass is 10.1. The van der Waals surface area contributed by atoms with Gasteiger partial charge in [0.1, 0.15) is 11.3 Å². The molecule has 0 bridgehead atoms. The average Bonchev–Trinajstić information content (AvgIpc) is 2.58. The Morgan fingerprint density at radius 2 is 1.92 bits per heavy atom. The standard InChI is InChI=1S/C16H12F3IN2O4/c1-25-14-7-9(13(22(23)24)8-11(14)16(17,18)19)3-4-10-12(20)5-6-21-15(10)26-2/h3-8H,1-2H3/b4-3+. The van der Waals surface area contributed by atoms with Crippen molar-refractivity contribution in [3.05, 3.63) is 54.8 Å². The van der Waals surface area contributed by atoms with E-state index in [1.54, 1.807) is 6.07 Å². The smallest absolute Gasteiger partial charge is 0.420 e. The Hall–Kier alpha value is -2.37. The average molecular weight is 480 g/mol. The Bertz CT molecular complexity index is 869. The van der Waals surface area contributed by atoms with Gasteiger partial charge in [-0.3, -0.25) is 10.1 Å². The molecule has 0 aliphatic rings. The minimum absolute atomic E-state index is 0.0402. The fourth-order valence-electron chi connectivity index (χ4n) is 2.18. The van der Waals surface area contributed by atoms with E-state index in [-0.39, 0.29) is 11.4 Å². The van der Waals surface area contributed by atoms with E-state index in [1.807, 2.05) is 22.6 Å². The van der Waals surface area contributed by atoms with E-state index in [0.29, 0.717) is 11.6 Å². The predicted molar refractivity (Wildman–Crippen MR) is 97.1 cm³/mol. The molecule has 0 aliphatic heterocycles. The molecule has 2 aromatic rings. The number of pyridine rings is 1. The van der Waals surface area contributed by atoms with Gasteiger partial charge in [-0.05, 0) is 46.9 Å². The van der Waals surface area contributed by atoms with E-state index in [9.17, 15) is 23.3 Å². The van der Waals surface area contributed by atoms with Gasteiger partial charge >= 0.3 is 6.18 Å². The highest BCUT2D eigenvalue weighted by Gasteiger charge is 2.37. The summed E-state index contributed by atoms with van der Waals surface area (Å²) in [4.78, 5) is 14.4. The third-order valence-corrected chi connectivity index (χ3v) is 4.31. The summed E-state index contributed by atoms with van der Waals surface area (Å²) in [7, 11) is 2.48. The molecule has 0 saturated carbocycles. The number of halogens is 4. The highest BCUT2D eigenvalue weighted by Crippen LogP contribution is 2.40. The number of rotatable bonds is 5. The van der Waals surface area contributed by atoms with Crippen LogP contribution in [-0.2, 0) is 6.18 Å². The third kappa shape index (κ3) is 4.23. The molecule has 26 heavy (non-hydrogen) atoms. The van der Waals surface area contributed by atoms with Gasteiger partial charge in [-0.2, -0.15) is 13.2 Å². The first-order valence-corrected chi connectivity index (χ1v) is 8.07. The zero-order chi connectivity index (χ0) is 19.5. The van der Waals surface area contributed by atoms with E-state index in [1.165, 1.54) is 25.5 Å².